The van der Waals surface area contributed by atoms with Gasteiger partial charge in [-0.2, -0.15) is 13.2 Å². The molecule has 9 heteroatoms. The standard InChI is InChI=1S/C21H26F3N3O2S/c1-25-20(27-14-12-17-8-10-19(11-9-17)21(22,23)24)26-13-5-15-30(28,29)16-18-6-3-2-4-7-18/h2-4,6-11H,5,12-16H2,1H3,(H2,25,26,27). The van der Waals surface area contributed by atoms with Crippen LogP contribution in [0.5, 0.6) is 0 Å². The lowest BCUT2D eigenvalue weighted by Crippen LogP contribution is -2.39. The minimum atomic E-state index is -4.34. The van der Waals surface area contributed by atoms with Gasteiger partial charge >= 0.3 is 6.18 Å². The first-order valence-electron chi connectivity index (χ1n) is 9.54. The number of nitrogens with zero attached hydrogens (tertiary/aromatic N) is 1. The highest BCUT2D eigenvalue weighted by Gasteiger charge is 2.29. The lowest BCUT2D eigenvalue weighted by atomic mass is 10.1. The Morgan fingerprint density at radius 2 is 1.57 bits per heavy atom. The van der Waals surface area contributed by atoms with Crippen molar-refractivity contribution in [1.29, 1.82) is 0 Å². The van der Waals surface area contributed by atoms with E-state index in [1.807, 2.05) is 18.2 Å². The molecule has 164 valence electrons. The molecular formula is C21H26F3N3O2S. The highest BCUT2D eigenvalue weighted by Crippen LogP contribution is 2.29. The van der Waals surface area contributed by atoms with Crippen LogP contribution in [-0.4, -0.2) is 40.3 Å². The van der Waals surface area contributed by atoms with Gasteiger partial charge in [0.2, 0.25) is 0 Å². The third-order valence-electron chi connectivity index (χ3n) is 4.36. The Morgan fingerprint density at radius 1 is 0.933 bits per heavy atom. The maximum Gasteiger partial charge on any atom is 0.416 e. The van der Waals surface area contributed by atoms with E-state index in [-0.39, 0.29) is 11.5 Å². The van der Waals surface area contributed by atoms with Crippen LogP contribution in [0.4, 0.5) is 13.2 Å². The van der Waals surface area contributed by atoms with Crippen molar-refractivity contribution in [1.82, 2.24) is 10.6 Å². The van der Waals surface area contributed by atoms with Crippen LogP contribution >= 0.6 is 0 Å². The van der Waals surface area contributed by atoms with Crippen molar-refractivity contribution in [2.75, 3.05) is 25.9 Å². The summed E-state index contributed by atoms with van der Waals surface area (Å²) in [7, 11) is -1.59. The normalized spacial score (nSPS) is 12.6. The molecule has 2 rings (SSSR count). The van der Waals surface area contributed by atoms with Crippen molar-refractivity contribution in [2.24, 2.45) is 4.99 Å². The Hall–Kier alpha value is -2.55. The molecule has 0 aliphatic heterocycles. The first-order chi connectivity index (χ1) is 14.2. The number of halogens is 3. The number of hydrogen-bond donors (Lipinski definition) is 2. The number of rotatable bonds is 9. The summed E-state index contributed by atoms with van der Waals surface area (Å²) in [6.45, 7) is 0.922. The van der Waals surface area contributed by atoms with Crippen LogP contribution in [0.2, 0.25) is 0 Å². The summed E-state index contributed by atoms with van der Waals surface area (Å²) in [5.41, 5.74) is 0.878. The van der Waals surface area contributed by atoms with Gasteiger partial charge < -0.3 is 10.6 Å². The van der Waals surface area contributed by atoms with Crippen LogP contribution in [0.15, 0.2) is 59.6 Å². The summed E-state index contributed by atoms with van der Waals surface area (Å²) in [4.78, 5) is 4.06. The zero-order chi connectivity index (χ0) is 22.0. The summed E-state index contributed by atoms with van der Waals surface area (Å²) in [5, 5.41) is 6.11. The molecule has 0 bridgehead atoms. The van der Waals surface area contributed by atoms with Crippen LogP contribution in [0.1, 0.15) is 23.1 Å². The monoisotopic (exact) mass is 441 g/mol. The number of sulfone groups is 1. The molecule has 0 atom stereocenters. The Bertz CT molecular complexity index is 913. The third-order valence-corrected chi connectivity index (χ3v) is 6.05. The number of alkyl halides is 3. The van der Waals surface area contributed by atoms with E-state index in [1.165, 1.54) is 12.1 Å². The van der Waals surface area contributed by atoms with Crippen molar-refractivity contribution in [3.63, 3.8) is 0 Å². The highest BCUT2D eigenvalue weighted by atomic mass is 32.2. The molecule has 0 unspecified atom stereocenters. The Kier molecular flexibility index (Phi) is 8.71. The van der Waals surface area contributed by atoms with Crippen LogP contribution < -0.4 is 10.6 Å². The fraction of sp³-hybridized carbons (Fsp3) is 0.381. The Balaban J connectivity index is 1.68. The van der Waals surface area contributed by atoms with Crippen molar-refractivity contribution >= 4 is 15.8 Å². The third kappa shape index (κ3) is 8.44. The minimum absolute atomic E-state index is 0.0218. The molecular weight excluding hydrogens is 415 g/mol. The molecule has 0 spiro atoms. The van der Waals surface area contributed by atoms with E-state index in [0.29, 0.717) is 31.9 Å². The summed E-state index contributed by atoms with van der Waals surface area (Å²) in [6.07, 6.45) is -3.36. The maximum atomic E-state index is 12.6. The van der Waals surface area contributed by atoms with Crippen LogP contribution in [0.3, 0.4) is 0 Å². The van der Waals surface area contributed by atoms with Crippen molar-refractivity contribution in [3.8, 4) is 0 Å². The molecule has 0 saturated carbocycles. The van der Waals surface area contributed by atoms with E-state index in [0.717, 1.165) is 23.3 Å². The fourth-order valence-electron chi connectivity index (χ4n) is 2.81. The van der Waals surface area contributed by atoms with Gasteiger partial charge in [0.15, 0.2) is 15.8 Å². The van der Waals surface area contributed by atoms with E-state index >= 15 is 0 Å². The smallest absolute Gasteiger partial charge is 0.356 e. The van der Waals surface area contributed by atoms with Crippen molar-refractivity contribution < 1.29 is 21.6 Å². The van der Waals surface area contributed by atoms with Gasteiger partial charge in [-0.25, -0.2) is 8.42 Å². The molecule has 2 aromatic carbocycles. The van der Waals surface area contributed by atoms with Gasteiger partial charge in [0.1, 0.15) is 0 Å². The fourth-order valence-corrected chi connectivity index (χ4v) is 4.23. The number of benzene rings is 2. The second-order valence-corrected chi connectivity index (χ2v) is 8.99. The molecule has 0 saturated heterocycles. The zero-order valence-corrected chi connectivity index (χ0v) is 17.6. The second kappa shape index (κ2) is 11.0. The summed E-state index contributed by atoms with van der Waals surface area (Å²) >= 11 is 0. The number of hydrogen-bond acceptors (Lipinski definition) is 3. The van der Waals surface area contributed by atoms with Gasteiger partial charge in [-0.15, -0.1) is 0 Å². The SMILES string of the molecule is CN=C(NCCCS(=O)(=O)Cc1ccccc1)NCCc1ccc(C(F)(F)F)cc1. The number of guanidine groups is 1. The molecule has 0 radical (unpaired) electrons. The second-order valence-electron chi connectivity index (χ2n) is 6.80. The molecule has 0 aliphatic carbocycles. The Morgan fingerprint density at radius 3 is 2.17 bits per heavy atom. The lowest BCUT2D eigenvalue weighted by Gasteiger charge is -2.12. The summed E-state index contributed by atoms with van der Waals surface area (Å²) < 4.78 is 62.1. The number of nitrogens with one attached hydrogen (secondary N) is 2. The largest absolute Gasteiger partial charge is 0.416 e. The molecule has 0 aliphatic rings. The number of aliphatic imine (C=N–C) groups is 1. The van der Waals surface area contributed by atoms with Crippen LogP contribution in [0.25, 0.3) is 0 Å². The van der Waals surface area contributed by atoms with Gasteiger partial charge in [-0.3, -0.25) is 4.99 Å². The van der Waals surface area contributed by atoms with E-state index in [4.69, 9.17) is 0 Å². The van der Waals surface area contributed by atoms with Crippen molar-refractivity contribution in [2.45, 2.75) is 24.8 Å². The molecule has 2 N–H and O–H groups in total. The first kappa shape index (κ1) is 23.7. The van der Waals surface area contributed by atoms with E-state index < -0.39 is 21.6 Å². The molecule has 5 nitrogen and oxygen atoms in total. The molecule has 30 heavy (non-hydrogen) atoms. The van der Waals surface area contributed by atoms with E-state index in [2.05, 4.69) is 15.6 Å². The molecule has 0 heterocycles. The quantitative estimate of drug-likeness (QED) is 0.355. The molecule has 0 aromatic heterocycles. The van der Waals surface area contributed by atoms with Gasteiger partial charge in [0, 0.05) is 20.1 Å². The van der Waals surface area contributed by atoms with E-state index in [1.54, 1.807) is 19.2 Å². The minimum Gasteiger partial charge on any atom is -0.356 e. The zero-order valence-electron chi connectivity index (χ0n) is 16.7. The topological polar surface area (TPSA) is 70.6 Å². The average molecular weight is 442 g/mol. The summed E-state index contributed by atoms with van der Waals surface area (Å²) in [6, 6.07) is 14.1. The highest BCUT2D eigenvalue weighted by molar-refractivity contribution is 7.90. The molecule has 0 fully saturated rings. The van der Waals surface area contributed by atoms with E-state index in [9.17, 15) is 21.6 Å². The molecule has 0 amide bonds. The van der Waals surface area contributed by atoms with Gasteiger partial charge in [-0.1, -0.05) is 42.5 Å². The van der Waals surface area contributed by atoms with Gasteiger partial charge in [-0.05, 0) is 36.1 Å². The Labute approximate surface area is 175 Å². The predicted octanol–water partition coefficient (Wildman–Crippen LogP) is 3.42. The van der Waals surface area contributed by atoms with Gasteiger partial charge in [0.25, 0.3) is 0 Å². The van der Waals surface area contributed by atoms with Gasteiger partial charge in [0.05, 0.1) is 17.1 Å². The lowest BCUT2D eigenvalue weighted by molar-refractivity contribution is -0.137. The predicted molar refractivity (Wildman–Crippen MR) is 113 cm³/mol. The van der Waals surface area contributed by atoms with Crippen LogP contribution in [-0.2, 0) is 28.2 Å². The molecule has 2 aromatic rings. The first-order valence-corrected chi connectivity index (χ1v) is 11.4. The average Bonchev–Trinajstić information content (AvgIpc) is 2.70. The van der Waals surface area contributed by atoms with Crippen molar-refractivity contribution in [3.05, 3.63) is 71.3 Å². The van der Waals surface area contributed by atoms with Crippen LogP contribution in [0, 0.1) is 0 Å². The summed E-state index contributed by atoms with van der Waals surface area (Å²) in [5.74, 6) is 0.605. The maximum absolute atomic E-state index is 12.6.